The monoisotopic (exact) mass is 436 g/mol. The number of likely N-dealkylation sites (tertiary alicyclic amines) is 1. The lowest BCUT2D eigenvalue weighted by atomic mass is 10.1. The topological polar surface area (TPSA) is 67.3 Å². The molecule has 1 amide bonds. The second-order valence-corrected chi connectivity index (χ2v) is 8.93. The number of amides is 1. The summed E-state index contributed by atoms with van der Waals surface area (Å²) in [6.45, 7) is 8.04. The molecule has 0 unspecified atom stereocenters. The maximum Gasteiger partial charge on any atom is 0.254 e. The van der Waals surface area contributed by atoms with Crippen LogP contribution in [0.3, 0.4) is 0 Å². The first kappa shape index (κ1) is 21.5. The van der Waals surface area contributed by atoms with E-state index in [1.807, 2.05) is 61.2 Å². The van der Waals surface area contributed by atoms with Gasteiger partial charge in [-0.1, -0.05) is 18.2 Å². The number of ether oxygens (including phenoxy) is 1. The molecule has 4 rings (SSSR count). The number of aromatic nitrogens is 2. The Morgan fingerprint density at radius 2 is 2.00 bits per heavy atom. The van der Waals surface area contributed by atoms with Crippen LogP contribution in [0.15, 0.2) is 42.5 Å². The normalized spacial score (nSPS) is 16.0. The maximum atomic E-state index is 13.2. The molecule has 0 bridgehead atoms. The fraction of sp³-hybridized carbons (Fsp3) is 0.375. The van der Waals surface area contributed by atoms with Gasteiger partial charge in [-0.15, -0.1) is 11.3 Å². The Kier molecular flexibility index (Phi) is 6.63. The SMILES string of the molecule is CCOCc1ccc(C(=O)N2CCC[C@H]2c2cccc(Nc3nc(C)c(C)s3)n2)cc1. The van der Waals surface area contributed by atoms with E-state index in [9.17, 15) is 4.79 Å². The van der Waals surface area contributed by atoms with E-state index < -0.39 is 0 Å². The van der Waals surface area contributed by atoms with Crippen LogP contribution >= 0.6 is 11.3 Å². The molecular formula is C24H28N4O2S. The van der Waals surface area contributed by atoms with Gasteiger partial charge in [-0.3, -0.25) is 4.79 Å². The van der Waals surface area contributed by atoms with Gasteiger partial charge in [0.05, 0.1) is 24.0 Å². The van der Waals surface area contributed by atoms with Gasteiger partial charge < -0.3 is 15.0 Å². The molecule has 6 nitrogen and oxygen atoms in total. The molecule has 0 radical (unpaired) electrons. The predicted molar refractivity (Wildman–Crippen MR) is 124 cm³/mol. The van der Waals surface area contributed by atoms with Gasteiger partial charge >= 0.3 is 0 Å². The summed E-state index contributed by atoms with van der Waals surface area (Å²) in [4.78, 5) is 25.7. The first-order valence-corrected chi connectivity index (χ1v) is 11.5. The lowest BCUT2D eigenvalue weighted by Gasteiger charge is -2.25. The van der Waals surface area contributed by atoms with Crippen molar-refractivity contribution in [2.24, 2.45) is 0 Å². The largest absolute Gasteiger partial charge is 0.377 e. The molecule has 1 aliphatic heterocycles. The highest BCUT2D eigenvalue weighted by molar-refractivity contribution is 7.15. The number of aryl methyl sites for hydroxylation is 2. The van der Waals surface area contributed by atoms with Gasteiger partial charge in [-0.2, -0.15) is 0 Å². The third-order valence-corrected chi connectivity index (χ3v) is 6.55. The van der Waals surface area contributed by atoms with Crippen molar-refractivity contribution in [3.8, 4) is 0 Å². The molecule has 3 aromatic rings. The van der Waals surface area contributed by atoms with Crippen LogP contribution in [0.25, 0.3) is 0 Å². The van der Waals surface area contributed by atoms with Crippen molar-refractivity contribution < 1.29 is 9.53 Å². The van der Waals surface area contributed by atoms with Crippen LogP contribution in [-0.4, -0.2) is 33.9 Å². The van der Waals surface area contributed by atoms with Gasteiger partial charge in [0.2, 0.25) is 0 Å². The number of carbonyl (C=O) groups is 1. The van der Waals surface area contributed by atoms with Gasteiger partial charge in [0.15, 0.2) is 5.13 Å². The summed E-state index contributed by atoms with van der Waals surface area (Å²) in [5.74, 6) is 0.808. The molecule has 1 atom stereocenters. The molecule has 0 spiro atoms. The molecule has 0 aliphatic carbocycles. The standard InChI is InChI=1S/C24H28N4O2S/c1-4-30-15-18-10-12-19(13-11-18)23(29)28-14-6-8-21(28)20-7-5-9-22(26-20)27-24-25-16(2)17(3)31-24/h5,7,9-13,21H,4,6,8,14-15H2,1-3H3,(H,25,26,27)/t21-/m0/s1. The highest BCUT2D eigenvalue weighted by atomic mass is 32.1. The highest BCUT2D eigenvalue weighted by Crippen LogP contribution is 2.33. The summed E-state index contributed by atoms with van der Waals surface area (Å²) in [6.07, 6.45) is 1.89. The molecule has 1 N–H and O–H groups in total. The lowest BCUT2D eigenvalue weighted by molar-refractivity contribution is 0.0733. The second-order valence-electron chi connectivity index (χ2n) is 7.72. The fourth-order valence-electron chi connectivity index (χ4n) is 3.79. The van der Waals surface area contributed by atoms with Crippen LogP contribution in [-0.2, 0) is 11.3 Å². The number of anilines is 2. The molecule has 1 aromatic carbocycles. The Morgan fingerprint density at radius 3 is 2.71 bits per heavy atom. The number of carbonyl (C=O) groups excluding carboxylic acids is 1. The Morgan fingerprint density at radius 1 is 1.19 bits per heavy atom. The number of pyridine rings is 1. The van der Waals surface area contributed by atoms with Crippen molar-refractivity contribution in [3.63, 3.8) is 0 Å². The Labute approximate surface area is 187 Å². The van der Waals surface area contributed by atoms with Crippen LogP contribution < -0.4 is 5.32 Å². The second kappa shape index (κ2) is 9.58. The van der Waals surface area contributed by atoms with E-state index in [1.54, 1.807) is 11.3 Å². The van der Waals surface area contributed by atoms with Gasteiger partial charge in [0.1, 0.15) is 5.82 Å². The third kappa shape index (κ3) is 4.94. The number of benzene rings is 1. The van der Waals surface area contributed by atoms with Crippen molar-refractivity contribution in [3.05, 3.63) is 69.9 Å². The van der Waals surface area contributed by atoms with Crippen LogP contribution in [0, 0.1) is 13.8 Å². The minimum absolute atomic E-state index is 0.0166. The lowest BCUT2D eigenvalue weighted by Crippen LogP contribution is -2.31. The zero-order valence-electron chi connectivity index (χ0n) is 18.2. The summed E-state index contributed by atoms with van der Waals surface area (Å²) >= 11 is 1.62. The quantitative estimate of drug-likeness (QED) is 0.536. The van der Waals surface area contributed by atoms with E-state index in [4.69, 9.17) is 9.72 Å². The minimum atomic E-state index is -0.0166. The van der Waals surface area contributed by atoms with E-state index in [0.717, 1.165) is 47.3 Å². The van der Waals surface area contributed by atoms with Crippen LogP contribution in [0.5, 0.6) is 0 Å². The molecule has 3 heterocycles. The number of thiazole rings is 1. The van der Waals surface area contributed by atoms with Crippen LogP contribution in [0.4, 0.5) is 10.9 Å². The fourth-order valence-corrected chi connectivity index (χ4v) is 4.61. The summed E-state index contributed by atoms with van der Waals surface area (Å²) in [7, 11) is 0. The molecule has 1 aliphatic rings. The Hall–Kier alpha value is -2.77. The van der Waals surface area contributed by atoms with Gasteiger partial charge in [0.25, 0.3) is 5.91 Å². The average Bonchev–Trinajstić information content (AvgIpc) is 3.39. The predicted octanol–water partition coefficient (Wildman–Crippen LogP) is 5.41. The van der Waals surface area contributed by atoms with E-state index in [1.165, 1.54) is 4.88 Å². The van der Waals surface area contributed by atoms with Crippen molar-refractivity contribution in [2.75, 3.05) is 18.5 Å². The van der Waals surface area contributed by atoms with Crippen molar-refractivity contribution in [2.45, 2.75) is 46.3 Å². The Balaban J connectivity index is 1.49. The summed E-state index contributed by atoms with van der Waals surface area (Å²) in [5.41, 5.74) is 3.72. The highest BCUT2D eigenvalue weighted by Gasteiger charge is 2.31. The molecule has 1 fully saturated rings. The van der Waals surface area contributed by atoms with Gasteiger partial charge in [0, 0.05) is 23.6 Å². The number of hydrogen-bond acceptors (Lipinski definition) is 6. The van der Waals surface area contributed by atoms with E-state index >= 15 is 0 Å². The molecule has 2 aromatic heterocycles. The smallest absolute Gasteiger partial charge is 0.254 e. The van der Waals surface area contributed by atoms with Crippen molar-refractivity contribution in [1.29, 1.82) is 0 Å². The first-order valence-electron chi connectivity index (χ1n) is 10.7. The van der Waals surface area contributed by atoms with Crippen LogP contribution in [0.2, 0.25) is 0 Å². The molecule has 162 valence electrons. The average molecular weight is 437 g/mol. The first-order chi connectivity index (χ1) is 15.0. The molecule has 1 saturated heterocycles. The number of nitrogens with zero attached hydrogens (tertiary/aromatic N) is 3. The molecule has 31 heavy (non-hydrogen) atoms. The summed E-state index contributed by atoms with van der Waals surface area (Å²) < 4.78 is 5.44. The van der Waals surface area contributed by atoms with Crippen LogP contribution in [0.1, 0.15) is 58.0 Å². The zero-order chi connectivity index (χ0) is 21.8. The maximum absolute atomic E-state index is 13.2. The van der Waals surface area contributed by atoms with E-state index in [0.29, 0.717) is 18.8 Å². The minimum Gasteiger partial charge on any atom is -0.377 e. The number of nitrogens with one attached hydrogen (secondary N) is 1. The van der Waals surface area contributed by atoms with E-state index in [2.05, 4.69) is 17.2 Å². The third-order valence-electron chi connectivity index (χ3n) is 5.56. The van der Waals surface area contributed by atoms with Crippen molar-refractivity contribution in [1.82, 2.24) is 14.9 Å². The number of rotatable bonds is 7. The van der Waals surface area contributed by atoms with Crippen molar-refractivity contribution >= 4 is 28.2 Å². The molecule has 0 saturated carbocycles. The zero-order valence-corrected chi connectivity index (χ0v) is 19.0. The molecular weight excluding hydrogens is 408 g/mol. The Bertz CT molecular complexity index is 1030. The van der Waals surface area contributed by atoms with Gasteiger partial charge in [-0.05, 0) is 63.4 Å². The van der Waals surface area contributed by atoms with Gasteiger partial charge in [-0.25, -0.2) is 9.97 Å². The number of hydrogen-bond donors (Lipinski definition) is 1. The molecule has 7 heteroatoms. The van der Waals surface area contributed by atoms with E-state index in [-0.39, 0.29) is 11.9 Å². The summed E-state index contributed by atoms with van der Waals surface area (Å²) in [6, 6.07) is 13.6. The summed E-state index contributed by atoms with van der Waals surface area (Å²) in [5, 5.41) is 4.15.